The van der Waals surface area contributed by atoms with Crippen LogP contribution in [0.4, 0.5) is 82.9 Å². The number of halogens is 19. The zero-order valence-corrected chi connectivity index (χ0v) is 42.6. The number of carbonyl (C=O) groups excluding carboxylic acids is 4. The van der Waals surface area contributed by atoms with Crippen molar-refractivity contribution in [2.75, 3.05) is 0 Å². The minimum Gasteiger partial charge on any atom is -0.454 e. The number of carbonyl (C=O) groups is 4. The monoisotopic (exact) mass is 1240 g/mol. The second-order valence-electron chi connectivity index (χ2n) is 20.6. The summed E-state index contributed by atoms with van der Waals surface area (Å²) in [7, 11) is -13.1. The van der Waals surface area contributed by atoms with E-state index >= 15 is 0 Å². The third kappa shape index (κ3) is 11.9. The fourth-order valence-electron chi connectivity index (χ4n) is 11.1. The Balaban J connectivity index is 0.000000216. The maximum Gasteiger partial charge on any atom is 0.478 e. The summed E-state index contributed by atoms with van der Waals surface area (Å²) in [6, 6.07) is 7.09. The molecule has 8 aliphatic carbocycles. The fourth-order valence-corrected chi connectivity index (χ4v) is 11.9. The zero-order valence-electron chi connectivity index (χ0n) is 41.0. The van der Waals surface area contributed by atoms with Gasteiger partial charge in [0.15, 0.2) is 11.4 Å². The van der Waals surface area contributed by atoms with Gasteiger partial charge in [-0.25, -0.2) is 9.59 Å². The number of hydrogen-bond acceptors (Lipinski definition) is 14. The number of oxime groups is 2. The SMILES string of the molecule is Cc1ccc(/C(=N/O)C(F)(F)C(F)(F)C(F)(F)F)cc1.Cc1ccc(/C(=N/OS(=O)(=O)C(F)(F)C(=O)OC23CC4CC(C2)C(=O)C(C4)C3)C(F)(F)C(F)(F)C(F)(F)F)cc1.O=C1C2CC3CC1CC(OC(=O)C(F)(F)S(=O)(=O)F)(C3)C2. The number of ether oxygens (including phenoxy) is 2. The highest BCUT2D eigenvalue weighted by Gasteiger charge is 2.77. The number of hydrogen-bond donors (Lipinski definition) is 1. The molecule has 452 valence electrons. The highest BCUT2D eigenvalue weighted by Crippen LogP contribution is 2.58. The van der Waals surface area contributed by atoms with Gasteiger partial charge in [0, 0.05) is 34.8 Å². The number of esters is 2. The summed E-state index contributed by atoms with van der Waals surface area (Å²) in [4.78, 5) is 47.9. The van der Waals surface area contributed by atoms with Gasteiger partial charge in [-0.3, -0.25) is 13.9 Å². The van der Waals surface area contributed by atoms with Gasteiger partial charge < -0.3 is 14.7 Å². The van der Waals surface area contributed by atoms with E-state index < -0.39 is 124 Å². The molecule has 4 unspecified atom stereocenters. The lowest BCUT2D eigenvalue weighted by Gasteiger charge is -2.54. The molecule has 35 heteroatoms. The first-order valence-corrected chi connectivity index (χ1v) is 26.2. The Morgan fingerprint density at radius 2 is 0.827 bits per heavy atom. The van der Waals surface area contributed by atoms with E-state index in [-0.39, 0.29) is 67.3 Å². The van der Waals surface area contributed by atoms with Gasteiger partial charge in [0.1, 0.15) is 22.8 Å². The Morgan fingerprint density at radius 3 is 1.14 bits per heavy atom. The third-order valence-electron chi connectivity index (χ3n) is 14.7. The first-order valence-electron chi connectivity index (χ1n) is 23.4. The summed E-state index contributed by atoms with van der Waals surface area (Å²) in [6.45, 7) is 2.91. The first-order chi connectivity index (χ1) is 36.6. The van der Waals surface area contributed by atoms with E-state index in [1.807, 2.05) is 5.16 Å². The maximum absolute atomic E-state index is 14.7. The third-order valence-corrected chi connectivity index (χ3v) is 16.5. The van der Waals surface area contributed by atoms with Gasteiger partial charge in [-0.1, -0.05) is 73.9 Å². The van der Waals surface area contributed by atoms with Crippen LogP contribution in [0.25, 0.3) is 0 Å². The number of ketones is 2. The highest BCUT2D eigenvalue weighted by molar-refractivity contribution is 7.88. The van der Waals surface area contributed by atoms with E-state index in [0.29, 0.717) is 55.4 Å². The van der Waals surface area contributed by atoms with Crippen LogP contribution in [0.2, 0.25) is 0 Å². The average Bonchev–Trinajstić information content (AvgIpc) is 3.53. The molecule has 2 aromatic carbocycles. The van der Waals surface area contributed by atoms with Crippen molar-refractivity contribution in [3.8, 4) is 0 Å². The molecule has 4 atom stereocenters. The molecule has 8 bridgehead atoms. The van der Waals surface area contributed by atoms with Crippen molar-refractivity contribution >= 4 is 55.3 Å². The Labute approximate surface area is 444 Å². The first kappa shape index (κ1) is 64.4. The lowest BCUT2D eigenvalue weighted by molar-refractivity contribution is -0.336. The van der Waals surface area contributed by atoms with Crippen LogP contribution >= 0.6 is 0 Å². The van der Waals surface area contributed by atoms with Crippen LogP contribution in [0.15, 0.2) is 58.8 Å². The van der Waals surface area contributed by atoms with Crippen molar-refractivity contribution in [2.45, 2.75) is 136 Å². The molecular weight excluding hydrogens is 1200 g/mol. The summed E-state index contributed by atoms with van der Waals surface area (Å²) >= 11 is 0. The van der Waals surface area contributed by atoms with E-state index in [1.54, 1.807) is 6.92 Å². The number of aryl methyl sites for hydroxylation is 2. The summed E-state index contributed by atoms with van der Waals surface area (Å²) in [5, 5.41) is 1.59. The van der Waals surface area contributed by atoms with Gasteiger partial charge in [0.25, 0.3) is 0 Å². The smallest absolute Gasteiger partial charge is 0.454 e. The van der Waals surface area contributed by atoms with Gasteiger partial charge in [0.05, 0.1) is 0 Å². The van der Waals surface area contributed by atoms with Crippen LogP contribution in [-0.4, -0.2) is 115 Å². The summed E-state index contributed by atoms with van der Waals surface area (Å²) in [5.74, 6) is -32.3. The predicted molar refractivity (Wildman–Crippen MR) is 234 cm³/mol. The molecule has 10 rings (SSSR count). The lowest BCUT2D eigenvalue weighted by Crippen LogP contribution is -2.58. The molecule has 0 radical (unpaired) electrons. The average molecular weight is 1240 g/mol. The number of alkyl halides is 18. The van der Waals surface area contributed by atoms with Crippen molar-refractivity contribution in [3.63, 3.8) is 0 Å². The summed E-state index contributed by atoms with van der Waals surface area (Å²) in [5.41, 5.74) is -8.68. The second kappa shape index (κ2) is 21.1. The van der Waals surface area contributed by atoms with Crippen molar-refractivity contribution < 1.29 is 138 Å². The van der Waals surface area contributed by atoms with Crippen LogP contribution in [-0.2, 0) is 53.3 Å². The minimum absolute atomic E-state index is 0.0579. The molecule has 0 amide bonds. The van der Waals surface area contributed by atoms with Crippen molar-refractivity contribution in [1.82, 2.24) is 0 Å². The molecule has 8 aliphatic rings. The number of nitrogens with zero attached hydrogens (tertiary/aromatic N) is 2. The molecule has 2 aromatic rings. The van der Waals surface area contributed by atoms with Crippen LogP contribution in [0, 0.1) is 49.4 Å². The number of Topliss-reactive ketones (excluding diaryl/α,β-unsaturated/α-hetero) is 2. The molecule has 1 N–H and O–H groups in total. The molecule has 8 fully saturated rings. The second-order valence-corrected chi connectivity index (χ2v) is 23.5. The Bertz CT molecular complexity index is 3040. The van der Waals surface area contributed by atoms with Gasteiger partial charge in [-0.15, -0.1) is 0 Å². The van der Waals surface area contributed by atoms with Crippen molar-refractivity contribution in [2.24, 2.45) is 45.8 Å². The van der Waals surface area contributed by atoms with E-state index in [1.165, 1.54) is 19.1 Å². The molecule has 0 aliphatic heterocycles. The molecule has 81 heavy (non-hydrogen) atoms. The molecule has 0 saturated heterocycles. The maximum atomic E-state index is 14.7. The molecule has 8 saturated carbocycles. The van der Waals surface area contributed by atoms with Crippen LogP contribution in [0.1, 0.15) is 86.5 Å². The Hall–Kier alpha value is -5.77. The van der Waals surface area contributed by atoms with E-state index in [4.69, 9.17) is 14.7 Å². The van der Waals surface area contributed by atoms with Gasteiger partial charge in [0.2, 0.25) is 0 Å². The van der Waals surface area contributed by atoms with E-state index in [9.17, 15) is 119 Å². The summed E-state index contributed by atoms with van der Waals surface area (Å²) in [6.07, 6.45) is -10.9. The highest BCUT2D eigenvalue weighted by atomic mass is 32.3. The van der Waals surface area contributed by atoms with Crippen molar-refractivity contribution in [1.29, 1.82) is 0 Å². The quantitative estimate of drug-likeness (QED) is 0.0468. The Morgan fingerprint density at radius 1 is 0.519 bits per heavy atom. The van der Waals surface area contributed by atoms with Gasteiger partial charge in [-0.05, 0) is 89.9 Å². The number of rotatable bonds is 14. The van der Waals surface area contributed by atoms with E-state index in [2.05, 4.69) is 9.44 Å². The zero-order chi connectivity index (χ0) is 61.5. The standard InChI is InChI=1S/C23H20F9NO6S.C12H13F3O5S.C11H8F7NO/c1-11-2-4-13(5-3-11)17(20(24,25)22(28,29)23(30,31)32)33-39-40(36,37)21(26,27)18(35)38-19-8-12-6-14(9-19)16(34)15(7-12)10-19;13-12(14,21(15,18)19)10(17)20-11-3-6-1-7(4-11)9(16)8(2-6)5-11;1-6-2-4-7(5-3-6)8(19-20)9(12,13)10(14,15)11(16,17)18/h2-5,12,14-15H,6-10H2,1H3;6-8H,1-5H2;2-5,20H,1H3/b33-17-;;19-8-. The van der Waals surface area contributed by atoms with Crippen LogP contribution in [0.5, 0.6) is 0 Å². The normalized spacial score (nSPS) is 27.2. The lowest BCUT2D eigenvalue weighted by atomic mass is 9.53. The summed E-state index contributed by atoms with van der Waals surface area (Å²) < 4.78 is 310. The largest absolute Gasteiger partial charge is 0.478 e. The number of benzene rings is 2. The topological polar surface area (TPSA) is 209 Å². The van der Waals surface area contributed by atoms with Gasteiger partial charge >= 0.3 is 78.8 Å². The molecule has 0 heterocycles. The molecule has 0 aromatic heterocycles. The van der Waals surface area contributed by atoms with Crippen LogP contribution in [0.3, 0.4) is 0 Å². The van der Waals surface area contributed by atoms with E-state index in [0.717, 1.165) is 24.3 Å². The molecule has 0 spiro atoms. The van der Waals surface area contributed by atoms with Crippen molar-refractivity contribution in [3.05, 3.63) is 70.8 Å². The Kier molecular flexibility index (Phi) is 16.8. The predicted octanol–water partition coefficient (Wildman–Crippen LogP) is 10.7. The molecular formula is C46H41F19N2O12S2. The minimum atomic E-state index is -6.88. The molecule has 14 nitrogen and oxygen atoms in total. The van der Waals surface area contributed by atoms with Crippen LogP contribution < -0.4 is 0 Å². The van der Waals surface area contributed by atoms with Gasteiger partial charge in [-0.2, -0.15) is 95.9 Å². The fraction of sp³-hybridized carbons (Fsp3) is 0.609.